The number of nitrogens with zero attached hydrogens (tertiary/aromatic N) is 1. The van der Waals surface area contributed by atoms with E-state index in [9.17, 15) is 0 Å². The van der Waals surface area contributed by atoms with Crippen molar-refractivity contribution in [1.82, 2.24) is 10.2 Å². The highest BCUT2D eigenvalue weighted by Crippen LogP contribution is 2.47. The molecular weight excluding hydrogens is 332 g/mol. The second-order valence-electron chi connectivity index (χ2n) is 6.75. The molecule has 0 unspecified atom stereocenters. The van der Waals surface area contributed by atoms with Crippen LogP contribution < -0.4 is 14.8 Å². The van der Waals surface area contributed by atoms with Gasteiger partial charge in [-0.2, -0.15) is 0 Å². The molecule has 0 aliphatic carbocycles. The summed E-state index contributed by atoms with van der Waals surface area (Å²) in [6.07, 6.45) is 1.77. The Hall–Kier alpha value is -2.27. The number of fused-ring (bicyclic) bond motifs is 4. The summed E-state index contributed by atoms with van der Waals surface area (Å²) in [5, 5.41) is 4.24. The summed E-state index contributed by atoms with van der Waals surface area (Å²) in [4.78, 5) is 2.17. The standard InChI is InChI=1S/C20H22N2O2S/c1-20-13-16(15-9-6-10-17(23-2)18(15)24-20)21-19(25)22(20)12-11-14-7-4-3-5-8-14/h3-10,16H,11-13H2,1-2H3,(H,21,25)/t16-,20+/m0/s1. The molecule has 2 bridgehead atoms. The minimum atomic E-state index is -0.469. The molecule has 1 saturated heterocycles. The Balaban J connectivity index is 1.62. The van der Waals surface area contributed by atoms with Crippen LogP contribution in [0.2, 0.25) is 0 Å². The Kier molecular flexibility index (Phi) is 4.04. The number of benzene rings is 2. The van der Waals surface area contributed by atoms with Gasteiger partial charge in [0, 0.05) is 18.5 Å². The highest BCUT2D eigenvalue weighted by Gasteiger charge is 2.48. The van der Waals surface area contributed by atoms with Gasteiger partial charge in [0.25, 0.3) is 0 Å². The van der Waals surface area contributed by atoms with Crippen molar-refractivity contribution in [3.8, 4) is 11.5 Å². The SMILES string of the molecule is COc1cccc2c1O[C@]1(C)C[C@@H]2NC(=S)N1CCc1ccccc1. The van der Waals surface area contributed by atoms with Gasteiger partial charge < -0.3 is 19.7 Å². The number of ether oxygens (including phenoxy) is 2. The predicted molar refractivity (Wildman–Crippen MR) is 102 cm³/mol. The van der Waals surface area contributed by atoms with Crippen molar-refractivity contribution in [3.05, 3.63) is 59.7 Å². The highest BCUT2D eigenvalue weighted by atomic mass is 32.1. The van der Waals surface area contributed by atoms with Crippen LogP contribution in [0.4, 0.5) is 0 Å². The molecule has 0 saturated carbocycles. The van der Waals surface area contributed by atoms with Crippen LogP contribution in [0.3, 0.4) is 0 Å². The molecule has 130 valence electrons. The number of nitrogens with one attached hydrogen (secondary N) is 1. The molecule has 2 aliphatic heterocycles. The zero-order valence-electron chi connectivity index (χ0n) is 14.5. The summed E-state index contributed by atoms with van der Waals surface area (Å²) in [5.74, 6) is 1.59. The van der Waals surface area contributed by atoms with Gasteiger partial charge in [-0.05, 0) is 37.2 Å². The van der Waals surface area contributed by atoms with E-state index in [-0.39, 0.29) is 6.04 Å². The molecule has 0 aromatic heterocycles. The van der Waals surface area contributed by atoms with Gasteiger partial charge in [-0.1, -0.05) is 42.5 Å². The maximum absolute atomic E-state index is 6.46. The molecule has 2 atom stereocenters. The highest BCUT2D eigenvalue weighted by molar-refractivity contribution is 7.80. The van der Waals surface area contributed by atoms with Gasteiger partial charge in [0.15, 0.2) is 22.3 Å². The summed E-state index contributed by atoms with van der Waals surface area (Å²) >= 11 is 5.66. The number of thiocarbonyl (C=S) groups is 1. The van der Waals surface area contributed by atoms with Crippen LogP contribution in [0.5, 0.6) is 11.5 Å². The van der Waals surface area contributed by atoms with E-state index in [4.69, 9.17) is 21.7 Å². The quantitative estimate of drug-likeness (QED) is 0.848. The Bertz CT molecular complexity index is 796. The van der Waals surface area contributed by atoms with Gasteiger partial charge in [-0.25, -0.2) is 0 Å². The summed E-state index contributed by atoms with van der Waals surface area (Å²) in [6.45, 7) is 2.93. The van der Waals surface area contributed by atoms with Crippen molar-refractivity contribution < 1.29 is 9.47 Å². The second kappa shape index (κ2) is 6.23. The third-order valence-corrected chi connectivity index (χ3v) is 5.43. The zero-order chi connectivity index (χ0) is 17.4. The summed E-state index contributed by atoms with van der Waals surface area (Å²) in [6, 6.07) is 16.6. The van der Waals surface area contributed by atoms with Gasteiger partial charge in [0.2, 0.25) is 0 Å². The summed E-state index contributed by atoms with van der Waals surface area (Å²) < 4.78 is 12.0. The van der Waals surface area contributed by atoms with Gasteiger partial charge in [-0.3, -0.25) is 0 Å². The summed E-state index contributed by atoms with van der Waals surface area (Å²) in [5.41, 5.74) is 1.94. The van der Waals surface area contributed by atoms with Crippen LogP contribution in [0.15, 0.2) is 48.5 Å². The molecular formula is C20H22N2O2S. The minimum absolute atomic E-state index is 0.157. The lowest BCUT2D eigenvalue weighted by Crippen LogP contribution is -2.64. The van der Waals surface area contributed by atoms with Crippen LogP contribution in [0, 0.1) is 0 Å². The fourth-order valence-electron chi connectivity index (χ4n) is 3.79. The van der Waals surface area contributed by atoms with Gasteiger partial charge in [-0.15, -0.1) is 0 Å². The lowest BCUT2D eigenvalue weighted by Gasteiger charge is -2.52. The lowest BCUT2D eigenvalue weighted by molar-refractivity contribution is -0.0690. The minimum Gasteiger partial charge on any atom is -0.493 e. The molecule has 2 heterocycles. The van der Waals surface area contributed by atoms with E-state index in [2.05, 4.69) is 47.5 Å². The predicted octanol–water partition coefficient (Wildman–Crippen LogP) is 3.67. The molecule has 1 N–H and O–H groups in total. The second-order valence-corrected chi connectivity index (χ2v) is 7.14. The largest absolute Gasteiger partial charge is 0.493 e. The molecule has 0 amide bonds. The molecule has 4 nitrogen and oxygen atoms in total. The number of rotatable bonds is 4. The fraction of sp³-hybridized carbons (Fsp3) is 0.350. The van der Waals surface area contributed by atoms with Crippen LogP contribution >= 0.6 is 12.2 Å². The Labute approximate surface area is 153 Å². The van der Waals surface area contributed by atoms with E-state index in [1.807, 2.05) is 18.2 Å². The van der Waals surface area contributed by atoms with Gasteiger partial charge in [0.1, 0.15) is 0 Å². The van der Waals surface area contributed by atoms with Crippen LogP contribution in [-0.2, 0) is 6.42 Å². The first-order valence-corrected chi connectivity index (χ1v) is 8.99. The molecule has 0 radical (unpaired) electrons. The third-order valence-electron chi connectivity index (χ3n) is 5.09. The number of para-hydroxylation sites is 1. The van der Waals surface area contributed by atoms with Crippen molar-refractivity contribution in [2.75, 3.05) is 13.7 Å². The topological polar surface area (TPSA) is 33.7 Å². The Morgan fingerprint density at radius 2 is 2.04 bits per heavy atom. The van der Waals surface area contributed by atoms with E-state index in [1.54, 1.807) is 7.11 Å². The normalized spacial score (nSPS) is 24.2. The lowest BCUT2D eigenvalue weighted by atomic mass is 9.90. The molecule has 0 spiro atoms. The first-order valence-electron chi connectivity index (χ1n) is 8.59. The van der Waals surface area contributed by atoms with Gasteiger partial charge in [0.05, 0.1) is 13.2 Å². The van der Waals surface area contributed by atoms with E-state index >= 15 is 0 Å². The molecule has 4 rings (SSSR count). The van der Waals surface area contributed by atoms with E-state index in [1.165, 1.54) is 5.56 Å². The number of hydrogen-bond donors (Lipinski definition) is 1. The van der Waals surface area contributed by atoms with E-state index in [0.717, 1.165) is 41.6 Å². The van der Waals surface area contributed by atoms with Crippen LogP contribution in [0.25, 0.3) is 0 Å². The third kappa shape index (κ3) is 2.82. The summed E-state index contributed by atoms with van der Waals surface area (Å²) in [7, 11) is 1.68. The van der Waals surface area contributed by atoms with E-state index < -0.39 is 5.72 Å². The van der Waals surface area contributed by atoms with Crippen LogP contribution in [0.1, 0.15) is 30.5 Å². The first kappa shape index (κ1) is 16.2. The first-order chi connectivity index (χ1) is 12.1. The number of methoxy groups -OCH3 is 1. The van der Waals surface area contributed by atoms with Gasteiger partial charge >= 0.3 is 0 Å². The monoisotopic (exact) mass is 354 g/mol. The van der Waals surface area contributed by atoms with Crippen molar-refractivity contribution in [1.29, 1.82) is 0 Å². The molecule has 2 aromatic carbocycles. The van der Waals surface area contributed by atoms with E-state index in [0.29, 0.717) is 0 Å². The van der Waals surface area contributed by atoms with Crippen molar-refractivity contribution in [2.24, 2.45) is 0 Å². The smallest absolute Gasteiger partial charge is 0.184 e. The molecule has 1 fully saturated rings. The molecule has 5 heteroatoms. The maximum atomic E-state index is 6.46. The average Bonchev–Trinajstić information content (AvgIpc) is 2.61. The fourth-order valence-corrected chi connectivity index (χ4v) is 4.21. The average molecular weight is 354 g/mol. The molecule has 2 aromatic rings. The van der Waals surface area contributed by atoms with Crippen molar-refractivity contribution in [3.63, 3.8) is 0 Å². The van der Waals surface area contributed by atoms with Crippen molar-refractivity contribution in [2.45, 2.75) is 31.5 Å². The van der Waals surface area contributed by atoms with Crippen molar-refractivity contribution >= 4 is 17.3 Å². The number of hydrogen-bond acceptors (Lipinski definition) is 3. The maximum Gasteiger partial charge on any atom is 0.184 e. The Morgan fingerprint density at radius 3 is 2.80 bits per heavy atom. The Morgan fingerprint density at radius 1 is 1.24 bits per heavy atom. The zero-order valence-corrected chi connectivity index (χ0v) is 15.3. The molecule has 2 aliphatic rings. The van der Waals surface area contributed by atoms with Crippen LogP contribution in [-0.4, -0.2) is 29.4 Å². The molecule has 25 heavy (non-hydrogen) atoms.